The molecule has 0 aliphatic rings. The van der Waals surface area contributed by atoms with Gasteiger partial charge in [-0.2, -0.15) is 0 Å². The van der Waals surface area contributed by atoms with Crippen molar-refractivity contribution in [2.75, 3.05) is 0 Å². The Kier molecular flexibility index (Phi) is 9.38. The molecule has 1 heterocycles. The quantitative estimate of drug-likeness (QED) is 0.186. The molecule has 4 rings (SSSR count). The van der Waals surface area contributed by atoms with Crippen LogP contribution >= 0.6 is 11.6 Å². The summed E-state index contributed by atoms with van der Waals surface area (Å²) in [6, 6.07) is 24.3. The zero-order valence-electron chi connectivity index (χ0n) is 21.4. The summed E-state index contributed by atoms with van der Waals surface area (Å²) in [6.07, 6.45) is 5.21. The van der Waals surface area contributed by atoms with Gasteiger partial charge in [-0.15, -0.1) is 0 Å². The number of carbonyl (C=O) groups is 1. The van der Waals surface area contributed by atoms with Crippen LogP contribution in [0, 0.1) is 0 Å². The van der Waals surface area contributed by atoms with Crippen LogP contribution in [0.15, 0.2) is 115 Å². The lowest BCUT2D eigenvalue weighted by Gasteiger charge is -2.20. The third kappa shape index (κ3) is 7.27. The number of rotatable bonds is 12. The van der Waals surface area contributed by atoms with E-state index in [2.05, 4.69) is 11.6 Å². The van der Waals surface area contributed by atoms with Gasteiger partial charge in [0.05, 0.1) is 16.2 Å². The van der Waals surface area contributed by atoms with Crippen molar-refractivity contribution in [1.82, 2.24) is 4.98 Å². The Hall–Kier alpha value is -4.55. The number of allylic oxidation sites excluding steroid dienone is 3. The molecule has 1 N–H and O–H groups in total. The van der Waals surface area contributed by atoms with Crippen molar-refractivity contribution in [3.63, 3.8) is 0 Å². The van der Waals surface area contributed by atoms with E-state index in [0.717, 1.165) is 16.6 Å². The van der Waals surface area contributed by atoms with Crippen molar-refractivity contribution in [2.24, 2.45) is 0 Å². The van der Waals surface area contributed by atoms with Gasteiger partial charge in [0.1, 0.15) is 30.5 Å². The first kappa shape index (κ1) is 27.5. The smallest absolute Gasteiger partial charge is 0.349 e. The number of hydrogen-bond donors (Lipinski definition) is 1. The molecule has 0 bridgehead atoms. The average molecular weight is 542 g/mol. The minimum atomic E-state index is -1.28. The normalized spacial score (nSPS) is 12.3. The van der Waals surface area contributed by atoms with E-state index >= 15 is 0 Å². The van der Waals surface area contributed by atoms with Crippen molar-refractivity contribution in [3.8, 4) is 17.2 Å². The van der Waals surface area contributed by atoms with Gasteiger partial charge in [0, 0.05) is 22.6 Å². The molecule has 0 spiro atoms. The van der Waals surface area contributed by atoms with Gasteiger partial charge in [-0.25, -0.2) is 9.78 Å². The van der Waals surface area contributed by atoms with E-state index < -0.39 is 12.1 Å². The molecular weight excluding hydrogens is 514 g/mol. The van der Waals surface area contributed by atoms with E-state index in [0.29, 0.717) is 29.2 Å². The van der Waals surface area contributed by atoms with Crippen molar-refractivity contribution >= 4 is 28.5 Å². The molecule has 4 aromatic rings. The summed E-state index contributed by atoms with van der Waals surface area (Å²) in [7, 11) is 0. The number of para-hydroxylation sites is 2. The minimum absolute atomic E-state index is 0.0992. The van der Waals surface area contributed by atoms with Crippen LogP contribution in [0.5, 0.6) is 17.2 Å². The van der Waals surface area contributed by atoms with Gasteiger partial charge in [-0.05, 0) is 37.3 Å². The first-order valence-electron chi connectivity index (χ1n) is 12.3. The fourth-order valence-electron chi connectivity index (χ4n) is 3.90. The summed E-state index contributed by atoms with van der Waals surface area (Å²) in [4.78, 5) is 16.7. The van der Waals surface area contributed by atoms with E-state index in [1.165, 1.54) is 6.08 Å². The summed E-state index contributed by atoms with van der Waals surface area (Å²) in [5.41, 5.74) is 2.76. The summed E-state index contributed by atoms with van der Waals surface area (Å²) in [5, 5.41) is 11.2. The zero-order chi connectivity index (χ0) is 27.6. The largest absolute Gasteiger partial charge is 0.489 e. The predicted octanol–water partition coefficient (Wildman–Crippen LogP) is 7.57. The number of nitrogens with zero attached hydrogens (tertiary/aromatic N) is 1. The van der Waals surface area contributed by atoms with Crippen molar-refractivity contribution in [1.29, 1.82) is 0 Å². The first-order valence-corrected chi connectivity index (χ1v) is 12.7. The summed E-state index contributed by atoms with van der Waals surface area (Å²) in [6.45, 7) is 5.86. The van der Waals surface area contributed by atoms with Gasteiger partial charge in [0.2, 0.25) is 6.10 Å². The molecule has 0 aliphatic carbocycles. The van der Waals surface area contributed by atoms with Gasteiger partial charge in [-0.1, -0.05) is 84.9 Å². The fraction of sp³-hybridized carbons (Fsp3) is 0.125. The van der Waals surface area contributed by atoms with Crippen LogP contribution in [0.2, 0.25) is 5.02 Å². The van der Waals surface area contributed by atoms with Crippen molar-refractivity contribution in [2.45, 2.75) is 26.2 Å². The lowest BCUT2D eigenvalue weighted by Crippen LogP contribution is -2.29. The molecule has 39 heavy (non-hydrogen) atoms. The number of benzene rings is 3. The first-order chi connectivity index (χ1) is 19.0. The van der Waals surface area contributed by atoms with E-state index in [9.17, 15) is 9.90 Å². The molecule has 0 saturated heterocycles. The van der Waals surface area contributed by atoms with Gasteiger partial charge in [0.25, 0.3) is 0 Å². The Labute approximate surface area is 232 Å². The molecule has 1 atom stereocenters. The molecule has 6 nitrogen and oxygen atoms in total. The second-order valence-corrected chi connectivity index (χ2v) is 8.92. The minimum Gasteiger partial charge on any atom is -0.489 e. The van der Waals surface area contributed by atoms with Gasteiger partial charge in [0.15, 0.2) is 0 Å². The standard InChI is InChI=1S/C32H28ClNO5/c1-3-9-23(10-4-2)31(32(35)36)39-30-24(12-7-15-28(30)33)20-37-26-13-8-14-27(19-26)38-21-25-18-17-22-11-5-6-16-29(22)34-25/h3-19,31H,1,20-21H2,2H3,(H,35,36)/b10-4-,23-9+. The number of aliphatic carboxylic acids is 1. The number of carboxylic acid groups (broad SMARTS) is 1. The molecular formula is C32H28ClNO5. The number of halogens is 1. The van der Waals surface area contributed by atoms with Crippen LogP contribution < -0.4 is 14.2 Å². The van der Waals surface area contributed by atoms with Gasteiger partial charge in [-0.3, -0.25) is 0 Å². The molecule has 198 valence electrons. The molecule has 1 unspecified atom stereocenters. The number of pyridine rings is 1. The van der Waals surface area contributed by atoms with Crippen LogP contribution in [0.25, 0.3) is 10.9 Å². The molecule has 0 radical (unpaired) electrons. The number of fused-ring (bicyclic) bond motifs is 1. The second kappa shape index (κ2) is 13.3. The van der Waals surface area contributed by atoms with E-state index in [1.807, 2.05) is 54.6 Å². The predicted molar refractivity (Wildman–Crippen MR) is 153 cm³/mol. The maximum atomic E-state index is 12.0. The third-order valence-corrected chi connectivity index (χ3v) is 6.02. The fourth-order valence-corrected chi connectivity index (χ4v) is 4.14. The highest BCUT2D eigenvalue weighted by molar-refractivity contribution is 6.32. The van der Waals surface area contributed by atoms with Crippen molar-refractivity contribution in [3.05, 3.63) is 132 Å². The lowest BCUT2D eigenvalue weighted by molar-refractivity contribution is -0.143. The molecule has 0 saturated carbocycles. The van der Waals surface area contributed by atoms with E-state index in [-0.39, 0.29) is 17.4 Å². The highest BCUT2D eigenvalue weighted by atomic mass is 35.5. The zero-order valence-corrected chi connectivity index (χ0v) is 22.2. The van der Waals surface area contributed by atoms with E-state index in [1.54, 1.807) is 49.4 Å². The Morgan fingerprint density at radius 2 is 1.74 bits per heavy atom. The Morgan fingerprint density at radius 3 is 2.49 bits per heavy atom. The van der Waals surface area contributed by atoms with Crippen LogP contribution in [0.1, 0.15) is 18.2 Å². The number of carboxylic acids is 1. The molecule has 0 aliphatic heterocycles. The number of ether oxygens (including phenoxy) is 3. The summed E-state index contributed by atoms with van der Waals surface area (Å²) < 4.78 is 17.9. The second-order valence-electron chi connectivity index (χ2n) is 8.51. The maximum absolute atomic E-state index is 12.0. The Bertz CT molecular complexity index is 1530. The molecule has 3 aromatic carbocycles. The van der Waals surface area contributed by atoms with Crippen LogP contribution in [-0.2, 0) is 18.0 Å². The summed E-state index contributed by atoms with van der Waals surface area (Å²) in [5.74, 6) is 0.280. The highest BCUT2D eigenvalue weighted by Gasteiger charge is 2.25. The third-order valence-electron chi connectivity index (χ3n) is 5.72. The van der Waals surface area contributed by atoms with E-state index in [4.69, 9.17) is 25.8 Å². The SMILES string of the molecule is C=C/C=C(\C=C/C)C(Oc1c(Cl)cccc1COc1cccc(OCc2ccc3ccccc3n2)c1)C(=O)O. The van der Waals surface area contributed by atoms with Crippen LogP contribution in [0.3, 0.4) is 0 Å². The van der Waals surface area contributed by atoms with Crippen LogP contribution in [0.4, 0.5) is 0 Å². The Morgan fingerprint density at radius 1 is 1.00 bits per heavy atom. The lowest BCUT2D eigenvalue weighted by atomic mass is 10.1. The topological polar surface area (TPSA) is 77.9 Å². The maximum Gasteiger partial charge on any atom is 0.349 e. The Balaban J connectivity index is 1.46. The van der Waals surface area contributed by atoms with Gasteiger partial charge >= 0.3 is 5.97 Å². The monoisotopic (exact) mass is 541 g/mol. The molecule has 0 amide bonds. The van der Waals surface area contributed by atoms with Crippen LogP contribution in [-0.4, -0.2) is 22.2 Å². The molecule has 7 heteroatoms. The highest BCUT2D eigenvalue weighted by Crippen LogP contribution is 2.32. The molecule has 0 fully saturated rings. The average Bonchev–Trinajstić information content (AvgIpc) is 2.94. The van der Waals surface area contributed by atoms with Gasteiger partial charge < -0.3 is 19.3 Å². The number of aromatic nitrogens is 1. The van der Waals surface area contributed by atoms with Crippen molar-refractivity contribution < 1.29 is 24.1 Å². The number of hydrogen-bond acceptors (Lipinski definition) is 5. The summed E-state index contributed by atoms with van der Waals surface area (Å²) >= 11 is 6.42. The molecule has 1 aromatic heterocycles.